The third kappa shape index (κ3) is 6.43. The van der Waals surface area contributed by atoms with Crippen LogP contribution in [-0.4, -0.2) is 18.3 Å². The standard InChI is InChI=1S/C22H30N2O2S/c1-5-16(4)18-9-11-19(12-10-18)24-22(27)23-15-17-8-13-20(25-6-2)21(14-17)26-7-3/h8-14,16H,5-7,15H2,1-4H3,(H2,23,24,27). The molecule has 1 unspecified atom stereocenters. The van der Waals surface area contributed by atoms with Gasteiger partial charge in [-0.1, -0.05) is 32.0 Å². The van der Waals surface area contributed by atoms with Crippen molar-refractivity contribution in [2.45, 2.75) is 46.6 Å². The molecule has 0 aliphatic rings. The zero-order chi connectivity index (χ0) is 19.6. The third-order valence-corrected chi connectivity index (χ3v) is 4.66. The van der Waals surface area contributed by atoms with Crippen molar-refractivity contribution in [2.24, 2.45) is 0 Å². The molecule has 0 amide bonds. The molecule has 4 nitrogen and oxygen atoms in total. The van der Waals surface area contributed by atoms with Crippen LogP contribution in [0, 0.1) is 0 Å². The molecule has 2 aromatic rings. The van der Waals surface area contributed by atoms with E-state index in [1.165, 1.54) is 5.56 Å². The van der Waals surface area contributed by atoms with Gasteiger partial charge in [0.15, 0.2) is 16.6 Å². The minimum absolute atomic E-state index is 0.573. The van der Waals surface area contributed by atoms with Crippen molar-refractivity contribution < 1.29 is 9.47 Å². The summed E-state index contributed by atoms with van der Waals surface area (Å²) in [4.78, 5) is 0. The van der Waals surface area contributed by atoms with Gasteiger partial charge in [-0.05, 0) is 73.8 Å². The smallest absolute Gasteiger partial charge is 0.171 e. The summed E-state index contributed by atoms with van der Waals surface area (Å²) in [6.07, 6.45) is 1.14. The van der Waals surface area contributed by atoms with Gasteiger partial charge in [-0.2, -0.15) is 0 Å². The summed E-state index contributed by atoms with van der Waals surface area (Å²) in [5, 5.41) is 7.07. The van der Waals surface area contributed by atoms with E-state index in [0.29, 0.717) is 30.8 Å². The molecule has 0 spiro atoms. The number of anilines is 1. The maximum Gasteiger partial charge on any atom is 0.171 e. The van der Waals surface area contributed by atoms with Gasteiger partial charge in [-0.3, -0.25) is 0 Å². The van der Waals surface area contributed by atoms with E-state index in [0.717, 1.165) is 29.2 Å². The van der Waals surface area contributed by atoms with Crippen LogP contribution in [0.15, 0.2) is 42.5 Å². The summed E-state index contributed by atoms with van der Waals surface area (Å²) >= 11 is 5.42. The SMILES string of the molecule is CCOc1ccc(CNC(=S)Nc2ccc(C(C)CC)cc2)cc1OCC. The van der Waals surface area contributed by atoms with Gasteiger partial charge in [0.2, 0.25) is 0 Å². The second kappa shape index (κ2) is 10.8. The fraction of sp³-hybridized carbons (Fsp3) is 0.409. The van der Waals surface area contributed by atoms with Crippen LogP contribution in [0.5, 0.6) is 11.5 Å². The lowest BCUT2D eigenvalue weighted by Crippen LogP contribution is -2.27. The number of rotatable bonds is 9. The topological polar surface area (TPSA) is 42.5 Å². The Morgan fingerprint density at radius 1 is 0.963 bits per heavy atom. The number of ether oxygens (including phenoxy) is 2. The predicted octanol–water partition coefficient (Wildman–Crippen LogP) is 5.48. The van der Waals surface area contributed by atoms with Gasteiger partial charge >= 0.3 is 0 Å². The van der Waals surface area contributed by atoms with Crippen LogP contribution in [0.1, 0.15) is 51.2 Å². The molecule has 5 heteroatoms. The maximum absolute atomic E-state index is 5.67. The van der Waals surface area contributed by atoms with Crippen LogP contribution >= 0.6 is 12.2 Å². The van der Waals surface area contributed by atoms with E-state index in [1.807, 2.05) is 32.0 Å². The predicted molar refractivity (Wildman–Crippen MR) is 117 cm³/mol. The Hall–Kier alpha value is -2.27. The second-order valence-corrected chi connectivity index (χ2v) is 6.79. The zero-order valence-corrected chi connectivity index (χ0v) is 17.5. The van der Waals surface area contributed by atoms with Crippen molar-refractivity contribution in [3.8, 4) is 11.5 Å². The number of hydrogen-bond acceptors (Lipinski definition) is 3. The highest BCUT2D eigenvalue weighted by Gasteiger charge is 2.07. The molecule has 1 atom stereocenters. The van der Waals surface area contributed by atoms with Crippen molar-refractivity contribution in [1.29, 1.82) is 0 Å². The largest absolute Gasteiger partial charge is 0.490 e. The molecule has 146 valence electrons. The van der Waals surface area contributed by atoms with E-state index < -0.39 is 0 Å². The molecule has 0 saturated heterocycles. The molecule has 2 rings (SSSR count). The fourth-order valence-electron chi connectivity index (χ4n) is 2.69. The minimum atomic E-state index is 0.573. The Morgan fingerprint density at radius 2 is 1.63 bits per heavy atom. The van der Waals surface area contributed by atoms with Gasteiger partial charge in [-0.25, -0.2) is 0 Å². The number of benzene rings is 2. The first-order valence-electron chi connectivity index (χ1n) is 9.60. The molecule has 0 radical (unpaired) electrons. The van der Waals surface area contributed by atoms with Crippen LogP contribution < -0.4 is 20.1 Å². The molecular weight excluding hydrogens is 356 g/mol. The first-order valence-corrected chi connectivity index (χ1v) is 10.0. The van der Waals surface area contributed by atoms with Crippen LogP contribution in [-0.2, 0) is 6.54 Å². The Kier molecular flexibility index (Phi) is 8.40. The normalized spacial score (nSPS) is 11.6. The van der Waals surface area contributed by atoms with Crippen molar-refractivity contribution in [1.82, 2.24) is 5.32 Å². The highest BCUT2D eigenvalue weighted by Crippen LogP contribution is 2.28. The summed E-state index contributed by atoms with van der Waals surface area (Å²) in [5.41, 5.74) is 3.42. The molecule has 0 fully saturated rings. The molecule has 0 aromatic heterocycles. The van der Waals surface area contributed by atoms with Gasteiger partial charge in [0.25, 0.3) is 0 Å². The van der Waals surface area contributed by atoms with E-state index in [1.54, 1.807) is 0 Å². The summed E-state index contributed by atoms with van der Waals surface area (Å²) in [6.45, 7) is 10.2. The molecule has 27 heavy (non-hydrogen) atoms. The quantitative estimate of drug-likeness (QED) is 0.558. The Morgan fingerprint density at radius 3 is 2.26 bits per heavy atom. The van der Waals surface area contributed by atoms with Gasteiger partial charge in [0.1, 0.15) is 0 Å². The summed E-state index contributed by atoms with van der Waals surface area (Å²) < 4.78 is 11.3. The van der Waals surface area contributed by atoms with Gasteiger partial charge in [-0.15, -0.1) is 0 Å². The third-order valence-electron chi connectivity index (χ3n) is 4.41. The highest BCUT2D eigenvalue weighted by molar-refractivity contribution is 7.80. The molecular formula is C22H30N2O2S. The molecule has 2 N–H and O–H groups in total. The highest BCUT2D eigenvalue weighted by atomic mass is 32.1. The number of thiocarbonyl (C=S) groups is 1. The van der Waals surface area contributed by atoms with Crippen LogP contribution in [0.2, 0.25) is 0 Å². The molecule has 0 aliphatic carbocycles. The van der Waals surface area contributed by atoms with Crippen molar-refractivity contribution in [2.75, 3.05) is 18.5 Å². The van der Waals surface area contributed by atoms with Crippen LogP contribution in [0.3, 0.4) is 0 Å². The van der Waals surface area contributed by atoms with Crippen molar-refractivity contribution in [3.05, 3.63) is 53.6 Å². The molecule has 2 aromatic carbocycles. The molecule has 0 aliphatic heterocycles. The first-order chi connectivity index (χ1) is 13.1. The zero-order valence-electron chi connectivity index (χ0n) is 16.7. The number of nitrogens with one attached hydrogen (secondary N) is 2. The maximum atomic E-state index is 5.67. The summed E-state index contributed by atoms with van der Waals surface area (Å²) in [6, 6.07) is 14.4. The Balaban J connectivity index is 1.92. The van der Waals surface area contributed by atoms with E-state index in [-0.39, 0.29) is 0 Å². The van der Waals surface area contributed by atoms with E-state index in [9.17, 15) is 0 Å². The van der Waals surface area contributed by atoms with Gasteiger partial charge < -0.3 is 20.1 Å². The van der Waals surface area contributed by atoms with E-state index in [2.05, 4.69) is 48.7 Å². The molecule has 0 heterocycles. The Bertz CT molecular complexity index is 732. The summed E-state index contributed by atoms with van der Waals surface area (Å²) in [5.74, 6) is 2.10. The first kappa shape index (κ1) is 21.0. The van der Waals surface area contributed by atoms with Crippen LogP contribution in [0.25, 0.3) is 0 Å². The average Bonchev–Trinajstić information content (AvgIpc) is 2.68. The minimum Gasteiger partial charge on any atom is -0.490 e. The monoisotopic (exact) mass is 386 g/mol. The fourth-order valence-corrected chi connectivity index (χ4v) is 2.88. The van der Waals surface area contributed by atoms with Gasteiger partial charge in [0, 0.05) is 12.2 Å². The number of hydrogen-bond donors (Lipinski definition) is 2. The Labute approximate surface area is 168 Å². The van der Waals surface area contributed by atoms with E-state index >= 15 is 0 Å². The van der Waals surface area contributed by atoms with Gasteiger partial charge in [0.05, 0.1) is 13.2 Å². The molecule has 0 bridgehead atoms. The van der Waals surface area contributed by atoms with Crippen molar-refractivity contribution in [3.63, 3.8) is 0 Å². The van der Waals surface area contributed by atoms with Crippen LogP contribution in [0.4, 0.5) is 5.69 Å². The molecule has 0 saturated carbocycles. The summed E-state index contributed by atoms with van der Waals surface area (Å²) in [7, 11) is 0. The lowest BCUT2D eigenvalue weighted by atomic mass is 9.99. The van der Waals surface area contributed by atoms with Crippen molar-refractivity contribution >= 4 is 23.0 Å². The second-order valence-electron chi connectivity index (χ2n) is 6.39. The lowest BCUT2D eigenvalue weighted by molar-refractivity contribution is 0.287. The van der Waals surface area contributed by atoms with E-state index in [4.69, 9.17) is 21.7 Å². The average molecular weight is 387 g/mol. The lowest BCUT2D eigenvalue weighted by Gasteiger charge is -2.15.